The number of quaternary nitrogens is 1. The van der Waals surface area contributed by atoms with Gasteiger partial charge in [0.25, 0.3) is 0 Å². The molecule has 0 saturated heterocycles. The highest BCUT2D eigenvalue weighted by Crippen LogP contribution is 1.89. The van der Waals surface area contributed by atoms with E-state index in [2.05, 4.69) is 5.73 Å². The number of hydrogen-bond donors (Lipinski definition) is 3. The number of carboxylic acid groups (broad SMARTS) is 1. The van der Waals surface area contributed by atoms with E-state index < -0.39 is 12.0 Å². The standard InChI is InChI=1S/C5H12N2O2/c6-3-1-2-4(7)5(8)9/h4H,1-3,6-7H2,(H,8,9)/p+1. The van der Waals surface area contributed by atoms with Gasteiger partial charge in [0.2, 0.25) is 0 Å². The molecule has 0 fully saturated rings. The molecule has 0 amide bonds. The van der Waals surface area contributed by atoms with Crippen LogP contribution < -0.4 is 11.5 Å². The van der Waals surface area contributed by atoms with Crippen LogP contribution in [0.5, 0.6) is 0 Å². The highest BCUT2D eigenvalue weighted by molar-refractivity contribution is 5.71. The van der Waals surface area contributed by atoms with Gasteiger partial charge >= 0.3 is 5.97 Å². The predicted octanol–water partition coefficient (Wildman–Crippen LogP) is -1.58. The van der Waals surface area contributed by atoms with Gasteiger partial charge < -0.3 is 16.6 Å². The third-order valence-electron chi connectivity index (χ3n) is 1.11. The average molecular weight is 133 g/mol. The summed E-state index contributed by atoms with van der Waals surface area (Å²) in [6.45, 7) is 0.541. The predicted molar refractivity (Wildman–Crippen MR) is 32.6 cm³/mol. The Kier molecular flexibility index (Phi) is 4.00. The summed E-state index contributed by atoms with van der Waals surface area (Å²) >= 11 is 0. The molecule has 0 heterocycles. The van der Waals surface area contributed by atoms with E-state index >= 15 is 0 Å². The Bertz CT molecular complexity index is 95.0. The minimum atomic E-state index is -0.844. The number of hydrogen-bond acceptors (Lipinski definition) is 2. The summed E-state index contributed by atoms with van der Waals surface area (Å²) in [5.41, 5.74) is 8.58. The van der Waals surface area contributed by atoms with Crippen molar-refractivity contribution in [2.24, 2.45) is 5.73 Å². The van der Waals surface area contributed by atoms with Crippen LogP contribution in [-0.4, -0.2) is 23.7 Å². The number of nitrogens with two attached hydrogens (primary N) is 1. The van der Waals surface area contributed by atoms with E-state index in [0.29, 0.717) is 13.0 Å². The van der Waals surface area contributed by atoms with Crippen LogP contribution in [0, 0.1) is 0 Å². The van der Waals surface area contributed by atoms with E-state index in [1.807, 2.05) is 0 Å². The lowest BCUT2D eigenvalue weighted by Crippen LogP contribution is -2.64. The molecule has 0 radical (unpaired) electrons. The fraction of sp³-hybridized carbons (Fsp3) is 0.800. The number of carboxylic acids is 1. The van der Waals surface area contributed by atoms with E-state index in [0.717, 1.165) is 6.42 Å². The third-order valence-corrected chi connectivity index (χ3v) is 1.11. The molecule has 0 aliphatic carbocycles. The van der Waals surface area contributed by atoms with E-state index in [-0.39, 0.29) is 0 Å². The molecule has 6 N–H and O–H groups in total. The van der Waals surface area contributed by atoms with Crippen LogP contribution in [0.15, 0.2) is 0 Å². The van der Waals surface area contributed by atoms with Crippen molar-refractivity contribution in [2.75, 3.05) is 6.54 Å². The molecule has 1 unspecified atom stereocenters. The van der Waals surface area contributed by atoms with Crippen LogP contribution in [-0.2, 0) is 4.79 Å². The first-order chi connectivity index (χ1) is 4.18. The summed E-state index contributed by atoms with van der Waals surface area (Å²) in [7, 11) is 0. The lowest BCUT2D eigenvalue weighted by molar-refractivity contribution is -0.409. The van der Waals surface area contributed by atoms with Gasteiger partial charge in [-0.3, -0.25) is 0 Å². The Balaban J connectivity index is 3.27. The molecule has 54 valence electrons. The fourth-order valence-electron chi connectivity index (χ4n) is 0.488. The van der Waals surface area contributed by atoms with Gasteiger partial charge in [-0.25, -0.2) is 4.79 Å². The largest absolute Gasteiger partial charge is 0.477 e. The molecular weight excluding hydrogens is 120 g/mol. The third kappa shape index (κ3) is 3.93. The SMILES string of the molecule is NCCCC([NH3+])C(=O)O. The smallest absolute Gasteiger partial charge is 0.362 e. The van der Waals surface area contributed by atoms with E-state index in [1.54, 1.807) is 0 Å². The first-order valence-corrected chi connectivity index (χ1v) is 2.94. The van der Waals surface area contributed by atoms with Gasteiger partial charge in [-0.2, -0.15) is 0 Å². The van der Waals surface area contributed by atoms with Crippen molar-refractivity contribution >= 4 is 5.97 Å². The molecule has 1 atom stereocenters. The molecule has 0 aliphatic rings. The normalized spacial score (nSPS) is 13.1. The number of aliphatic carboxylic acids is 1. The molecule has 0 aromatic heterocycles. The van der Waals surface area contributed by atoms with Crippen molar-refractivity contribution in [3.05, 3.63) is 0 Å². The Morgan fingerprint density at radius 3 is 2.67 bits per heavy atom. The van der Waals surface area contributed by atoms with Crippen molar-refractivity contribution in [1.82, 2.24) is 0 Å². The van der Waals surface area contributed by atoms with Crippen molar-refractivity contribution in [3.8, 4) is 0 Å². The van der Waals surface area contributed by atoms with Crippen LogP contribution in [0.4, 0.5) is 0 Å². The Morgan fingerprint density at radius 2 is 2.33 bits per heavy atom. The monoisotopic (exact) mass is 133 g/mol. The summed E-state index contributed by atoms with van der Waals surface area (Å²) in [5, 5.41) is 8.31. The number of carbonyl (C=O) groups is 1. The molecule has 0 spiro atoms. The maximum Gasteiger partial charge on any atom is 0.362 e. The summed E-state index contributed by atoms with van der Waals surface area (Å²) in [6, 6.07) is -0.492. The highest BCUT2D eigenvalue weighted by Gasteiger charge is 2.13. The summed E-state index contributed by atoms with van der Waals surface area (Å²) in [4.78, 5) is 10.1. The minimum Gasteiger partial charge on any atom is -0.477 e. The van der Waals surface area contributed by atoms with Crippen LogP contribution in [0.3, 0.4) is 0 Å². The van der Waals surface area contributed by atoms with Crippen LogP contribution in [0.1, 0.15) is 12.8 Å². The van der Waals surface area contributed by atoms with Crippen molar-refractivity contribution < 1.29 is 15.6 Å². The first-order valence-electron chi connectivity index (χ1n) is 2.94. The Hall–Kier alpha value is -0.610. The zero-order valence-electron chi connectivity index (χ0n) is 5.34. The summed E-state index contributed by atoms with van der Waals surface area (Å²) < 4.78 is 0. The quantitative estimate of drug-likeness (QED) is 0.432. The molecule has 0 rings (SSSR count). The molecule has 4 heteroatoms. The summed E-state index contributed by atoms with van der Waals surface area (Å²) in [6.07, 6.45) is 1.31. The van der Waals surface area contributed by atoms with Gasteiger partial charge in [0.05, 0.1) is 0 Å². The van der Waals surface area contributed by atoms with Crippen molar-refractivity contribution in [2.45, 2.75) is 18.9 Å². The maximum absolute atomic E-state index is 10.1. The van der Waals surface area contributed by atoms with Crippen LogP contribution >= 0.6 is 0 Å². The van der Waals surface area contributed by atoms with Gasteiger partial charge in [-0.1, -0.05) is 0 Å². The molecular formula is C5H13N2O2+. The van der Waals surface area contributed by atoms with Crippen LogP contribution in [0.25, 0.3) is 0 Å². The van der Waals surface area contributed by atoms with Gasteiger partial charge in [0.1, 0.15) is 0 Å². The topological polar surface area (TPSA) is 91.0 Å². The molecule has 4 nitrogen and oxygen atoms in total. The van der Waals surface area contributed by atoms with Gasteiger partial charge in [0, 0.05) is 6.42 Å². The lowest BCUT2D eigenvalue weighted by atomic mass is 10.2. The second-order valence-corrected chi connectivity index (χ2v) is 1.97. The highest BCUT2D eigenvalue weighted by atomic mass is 16.4. The second-order valence-electron chi connectivity index (χ2n) is 1.97. The molecule has 0 aromatic carbocycles. The lowest BCUT2D eigenvalue weighted by Gasteiger charge is -1.99. The molecule has 9 heavy (non-hydrogen) atoms. The zero-order valence-corrected chi connectivity index (χ0v) is 5.34. The van der Waals surface area contributed by atoms with Crippen molar-refractivity contribution in [3.63, 3.8) is 0 Å². The first kappa shape index (κ1) is 8.39. The fourth-order valence-corrected chi connectivity index (χ4v) is 0.488. The molecule has 0 aliphatic heterocycles. The second kappa shape index (κ2) is 4.29. The zero-order chi connectivity index (χ0) is 7.28. The van der Waals surface area contributed by atoms with Gasteiger partial charge in [-0.15, -0.1) is 0 Å². The van der Waals surface area contributed by atoms with Crippen LogP contribution in [0.2, 0.25) is 0 Å². The molecule has 0 bridgehead atoms. The Labute approximate surface area is 53.8 Å². The molecule has 0 aromatic rings. The summed E-state index contributed by atoms with van der Waals surface area (Å²) in [5.74, 6) is -0.844. The number of rotatable bonds is 4. The van der Waals surface area contributed by atoms with Gasteiger partial charge in [0.15, 0.2) is 6.04 Å². The van der Waals surface area contributed by atoms with E-state index in [1.165, 1.54) is 0 Å². The minimum absolute atomic E-state index is 0.492. The maximum atomic E-state index is 10.1. The average Bonchev–Trinajstić information content (AvgIpc) is 1.82. The Morgan fingerprint density at radius 1 is 1.78 bits per heavy atom. The van der Waals surface area contributed by atoms with Gasteiger partial charge in [-0.05, 0) is 13.0 Å². The van der Waals surface area contributed by atoms with E-state index in [4.69, 9.17) is 10.8 Å². The van der Waals surface area contributed by atoms with Crippen molar-refractivity contribution in [1.29, 1.82) is 0 Å². The van der Waals surface area contributed by atoms with E-state index in [9.17, 15) is 4.79 Å². The molecule has 0 saturated carbocycles.